The molecule has 0 aliphatic rings. The topological polar surface area (TPSA) is 177 Å². The molecule has 0 aliphatic heterocycles. The lowest BCUT2D eigenvalue weighted by atomic mass is 10.0. The number of hydrogen-bond acceptors (Lipinski definition) is 8. The highest BCUT2D eigenvalue weighted by Crippen LogP contribution is 2.24. The second-order valence-corrected chi connectivity index (χ2v) is 12.1. The molecule has 0 radical (unpaired) electrons. The zero-order chi connectivity index (χ0) is 32.5. The number of nitrogens with one attached hydrogen (secondary N) is 2. The molecule has 2 aromatic carbocycles. The number of hydrogen-bond donors (Lipinski definition) is 4. The zero-order valence-corrected chi connectivity index (χ0v) is 25.7. The lowest BCUT2D eigenvalue weighted by molar-refractivity contribution is -0.159. The molecular weight excluding hydrogens is 556 g/mol. The number of likely N-dealkylation sites (N-methyl/N-ethyl adjacent to an activating group) is 1. The fourth-order valence-corrected chi connectivity index (χ4v) is 4.10. The van der Waals surface area contributed by atoms with Crippen molar-refractivity contribution < 1.29 is 38.6 Å². The molecule has 5 N–H and O–H groups in total. The van der Waals surface area contributed by atoms with Crippen LogP contribution in [0.15, 0.2) is 54.6 Å². The number of phenolic OH excluding ortho intramolecular Hbond substituents is 1. The Morgan fingerprint density at radius 2 is 1.40 bits per heavy atom. The molecule has 0 spiro atoms. The van der Waals surface area contributed by atoms with E-state index in [0.29, 0.717) is 0 Å². The highest BCUT2D eigenvalue weighted by Gasteiger charge is 2.37. The molecule has 0 saturated heterocycles. The number of phenols is 1. The number of nitrogens with two attached hydrogens (primary N) is 1. The minimum atomic E-state index is -1.46. The van der Waals surface area contributed by atoms with Crippen LogP contribution in [0.2, 0.25) is 0 Å². The summed E-state index contributed by atoms with van der Waals surface area (Å²) in [5, 5.41) is 14.9. The molecule has 0 bridgehead atoms. The van der Waals surface area contributed by atoms with Gasteiger partial charge in [-0.05, 0) is 64.8 Å². The summed E-state index contributed by atoms with van der Waals surface area (Å²) in [6.45, 7) is 10.00. The molecule has 12 heteroatoms. The second-order valence-electron chi connectivity index (χ2n) is 12.1. The van der Waals surface area contributed by atoms with Crippen molar-refractivity contribution in [3.63, 3.8) is 0 Å². The van der Waals surface area contributed by atoms with Crippen molar-refractivity contribution in [2.75, 3.05) is 7.05 Å². The van der Waals surface area contributed by atoms with Gasteiger partial charge in [0.25, 0.3) is 0 Å². The van der Waals surface area contributed by atoms with E-state index >= 15 is 0 Å². The molecule has 12 nitrogen and oxygen atoms in total. The van der Waals surface area contributed by atoms with E-state index in [1.54, 1.807) is 65.8 Å². The number of ether oxygens (including phenoxy) is 2. The minimum absolute atomic E-state index is 0.0780. The Morgan fingerprint density at radius 3 is 1.91 bits per heavy atom. The summed E-state index contributed by atoms with van der Waals surface area (Å²) in [7, 11) is 1.31. The van der Waals surface area contributed by atoms with Crippen molar-refractivity contribution >= 4 is 29.8 Å². The largest absolute Gasteiger partial charge is 0.508 e. The normalized spacial score (nSPS) is 13.6. The number of carbonyl (C=O) groups excluding carboxylic acids is 5. The molecule has 2 aromatic rings. The van der Waals surface area contributed by atoms with Crippen LogP contribution in [0.1, 0.15) is 65.1 Å². The molecule has 3 unspecified atom stereocenters. The third-order valence-electron chi connectivity index (χ3n) is 5.88. The van der Waals surface area contributed by atoms with Crippen LogP contribution in [0.25, 0.3) is 0 Å². The van der Waals surface area contributed by atoms with Crippen molar-refractivity contribution in [3.05, 3.63) is 65.7 Å². The maximum absolute atomic E-state index is 13.9. The number of carbonyl (C=O) groups is 5. The van der Waals surface area contributed by atoms with Gasteiger partial charge in [-0.3, -0.25) is 14.4 Å². The number of nitrogens with zero attached hydrogens (tertiary/aromatic N) is 1. The molecule has 0 aromatic heterocycles. The summed E-state index contributed by atoms with van der Waals surface area (Å²) in [6, 6.07) is 10.6. The molecule has 0 fully saturated rings. The third-order valence-corrected chi connectivity index (χ3v) is 5.88. The van der Waals surface area contributed by atoms with Gasteiger partial charge < -0.3 is 35.8 Å². The first-order chi connectivity index (χ1) is 19.9. The van der Waals surface area contributed by atoms with Crippen LogP contribution in [0.3, 0.4) is 0 Å². The fraction of sp³-hybridized carbons (Fsp3) is 0.452. The van der Waals surface area contributed by atoms with E-state index in [-0.39, 0.29) is 17.7 Å². The highest BCUT2D eigenvalue weighted by molar-refractivity contribution is 5.95. The van der Waals surface area contributed by atoms with Crippen molar-refractivity contribution in [2.24, 2.45) is 5.73 Å². The van der Waals surface area contributed by atoms with Gasteiger partial charge in [-0.1, -0.05) is 42.5 Å². The first-order valence-corrected chi connectivity index (χ1v) is 13.8. The Morgan fingerprint density at radius 1 is 0.837 bits per heavy atom. The number of benzene rings is 2. The zero-order valence-electron chi connectivity index (χ0n) is 25.7. The van der Waals surface area contributed by atoms with Gasteiger partial charge in [0, 0.05) is 13.5 Å². The fourth-order valence-electron chi connectivity index (χ4n) is 4.10. The number of rotatable bonds is 11. The lowest BCUT2D eigenvalue weighted by Crippen LogP contribution is -2.54. The summed E-state index contributed by atoms with van der Waals surface area (Å²) in [5.41, 5.74) is 4.67. The first-order valence-electron chi connectivity index (χ1n) is 13.8. The van der Waals surface area contributed by atoms with Crippen LogP contribution in [-0.4, -0.2) is 70.1 Å². The Hall–Kier alpha value is -4.61. The monoisotopic (exact) mass is 598 g/mol. The Labute approximate surface area is 251 Å². The van der Waals surface area contributed by atoms with Gasteiger partial charge >= 0.3 is 12.1 Å². The van der Waals surface area contributed by atoms with Gasteiger partial charge in [0.2, 0.25) is 17.7 Å². The van der Waals surface area contributed by atoms with Crippen LogP contribution in [-0.2, 0) is 35.1 Å². The van der Waals surface area contributed by atoms with Crippen molar-refractivity contribution in [1.82, 2.24) is 15.5 Å². The van der Waals surface area contributed by atoms with Crippen LogP contribution in [0.4, 0.5) is 4.79 Å². The highest BCUT2D eigenvalue weighted by atomic mass is 16.6. The molecule has 234 valence electrons. The average molecular weight is 599 g/mol. The van der Waals surface area contributed by atoms with Gasteiger partial charge in [-0.15, -0.1) is 0 Å². The number of alkyl carbamates (subject to hydrolysis) is 1. The predicted molar refractivity (Wildman–Crippen MR) is 159 cm³/mol. The minimum Gasteiger partial charge on any atom is -0.508 e. The van der Waals surface area contributed by atoms with Crippen molar-refractivity contribution in [3.8, 4) is 5.75 Å². The molecular formula is C31H42N4O8. The Bertz CT molecular complexity index is 1280. The molecule has 4 amide bonds. The van der Waals surface area contributed by atoms with E-state index in [0.717, 1.165) is 10.5 Å². The summed E-state index contributed by atoms with van der Waals surface area (Å²) in [5.74, 6) is -3.20. The second kappa shape index (κ2) is 14.5. The SMILES string of the molecule is CN(C(=O)C(CC(N)=O)NC(=O)OC(C)(C)C)C(C(=O)NC(Cc1ccccc1)C(=O)OC(C)(C)C)c1ccc(O)cc1. The van der Waals surface area contributed by atoms with Gasteiger partial charge in [0.1, 0.15) is 35.1 Å². The third kappa shape index (κ3) is 11.7. The molecule has 2 rings (SSSR count). The van der Waals surface area contributed by atoms with Gasteiger partial charge in [-0.25, -0.2) is 9.59 Å². The maximum atomic E-state index is 13.9. The van der Waals surface area contributed by atoms with Gasteiger partial charge in [0.05, 0.1) is 6.42 Å². The molecule has 43 heavy (non-hydrogen) atoms. The summed E-state index contributed by atoms with van der Waals surface area (Å²) in [4.78, 5) is 66.2. The quantitative estimate of drug-likeness (QED) is 0.285. The molecule has 3 atom stereocenters. The smallest absolute Gasteiger partial charge is 0.408 e. The Kier molecular flexibility index (Phi) is 11.7. The average Bonchev–Trinajstić information content (AvgIpc) is 2.87. The van der Waals surface area contributed by atoms with E-state index in [2.05, 4.69) is 10.6 Å². The molecule has 0 heterocycles. The van der Waals surface area contributed by atoms with E-state index in [1.165, 1.54) is 31.3 Å². The van der Waals surface area contributed by atoms with E-state index < -0.39 is 65.5 Å². The number of esters is 1. The summed E-state index contributed by atoms with van der Waals surface area (Å²) in [6.07, 6.45) is -1.42. The predicted octanol–water partition coefficient (Wildman–Crippen LogP) is 2.73. The lowest BCUT2D eigenvalue weighted by Gasteiger charge is -2.32. The van der Waals surface area contributed by atoms with Crippen LogP contribution >= 0.6 is 0 Å². The standard InChI is InChI=1S/C31H42N4O8/c1-30(2,3)42-28(40)23(17-19-11-9-8-10-12-19)33-26(38)25(20-13-15-21(36)16-14-20)35(7)27(39)22(18-24(32)37)34-29(41)43-31(4,5)6/h8-16,22-23,25,36H,17-18H2,1-7H3,(H2,32,37)(H,33,38)(H,34,41). The van der Waals surface area contributed by atoms with Crippen LogP contribution in [0.5, 0.6) is 5.75 Å². The number of amides is 4. The van der Waals surface area contributed by atoms with Gasteiger partial charge in [0.15, 0.2) is 0 Å². The first kappa shape index (κ1) is 34.6. The summed E-state index contributed by atoms with van der Waals surface area (Å²) >= 11 is 0. The molecule has 0 saturated carbocycles. The maximum Gasteiger partial charge on any atom is 0.408 e. The van der Waals surface area contributed by atoms with E-state index in [9.17, 15) is 29.1 Å². The molecule has 0 aliphatic carbocycles. The van der Waals surface area contributed by atoms with E-state index in [4.69, 9.17) is 15.2 Å². The van der Waals surface area contributed by atoms with Crippen LogP contribution < -0.4 is 16.4 Å². The van der Waals surface area contributed by atoms with Gasteiger partial charge in [-0.2, -0.15) is 0 Å². The van der Waals surface area contributed by atoms with Crippen molar-refractivity contribution in [2.45, 2.75) is 83.7 Å². The van der Waals surface area contributed by atoms with Crippen molar-refractivity contribution in [1.29, 1.82) is 0 Å². The number of aromatic hydroxyl groups is 1. The van der Waals surface area contributed by atoms with Crippen LogP contribution in [0, 0.1) is 0 Å². The number of primary amides is 1. The summed E-state index contributed by atoms with van der Waals surface area (Å²) < 4.78 is 10.8. The Balaban J connectivity index is 2.46. The van der Waals surface area contributed by atoms with E-state index in [1.807, 2.05) is 6.07 Å².